The van der Waals surface area contributed by atoms with E-state index in [1.807, 2.05) is 0 Å². The van der Waals surface area contributed by atoms with Crippen LogP contribution in [-0.4, -0.2) is 22.9 Å². The fourth-order valence-corrected chi connectivity index (χ4v) is 1.82. The van der Waals surface area contributed by atoms with Crippen molar-refractivity contribution in [1.82, 2.24) is 9.78 Å². The van der Waals surface area contributed by atoms with Crippen LogP contribution in [0, 0.1) is 19.7 Å². The number of ether oxygens (including phenoxy) is 1. The van der Waals surface area contributed by atoms with Crippen LogP contribution in [0.15, 0.2) is 29.1 Å². The fraction of sp³-hybridized carbons (Fsp3) is 0.214. The molecule has 0 unspecified atom stereocenters. The van der Waals surface area contributed by atoms with Crippen molar-refractivity contribution in [2.75, 3.05) is 7.11 Å². The van der Waals surface area contributed by atoms with E-state index in [1.54, 1.807) is 13.8 Å². The molecule has 0 radical (unpaired) electrons. The molecule has 0 saturated carbocycles. The van der Waals surface area contributed by atoms with Gasteiger partial charge in [-0.15, -0.1) is 0 Å². The number of esters is 1. The van der Waals surface area contributed by atoms with Gasteiger partial charge in [-0.2, -0.15) is 9.78 Å². The Balaban J connectivity index is 2.73. The first kappa shape index (κ1) is 13.9. The highest BCUT2D eigenvalue weighted by Crippen LogP contribution is 2.11. The quantitative estimate of drug-likeness (QED) is 0.784. The van der Waals surface area contributed by atoms with E-state index in [0.29, 0.717) is 16.9 Å². The molecule has 0 aliphatic rings. The molecule has 0 N–H and O–H groups in total. The SMILES string of the molecule is COC(=O)c1c(C)c(C)nn(-c2ccc(F)cc2)c1=O. The number of methoxy groups -OCH3 is 1. The summed E-state index contributed by atoms with van der Waals surface area (Å²) < 4.78 is 18.6. The standard InChI is InChI=1S/C14H13FN2O3/c1-8-9(2)16-17(11-6-4-10(15)5-7-11)13(18)12(8)14(19)20-3/h4-7H,1-3H3. The maximum Gasteiger partial charge on any atom is 0.343 e. The van der Waals surface area contributed by atoms with Gasteiger partial charge in [-0.3, -0.25) is 4.79 Å². The number of carbonyl (C=O) groups excluding carboxylic acids is 1. The molecule has 1 heterocycles. The molecule has 1 aromatic heterocycles. The van der Waals surface area contributed by atoms with Gasteiger partial charge in [0.15, 0.2) is 0 Å². The minimum absolute atomic E-state index is 0.0654. The summed E-state index contributed by atoms with van der Waals surface area (Å²) in [5.74, 6) is -1.13. The van der Waals surface area contributed by atoms with Gasteiger partial charge in [0.25, 0.3) is 5.56 Å². The van der Waals surface area contributed by atoms with Gasteiger partial charge < -0.3 is 4.74 Å². The summed E-state index contributed by atoms with van der Waals surface area (Å²) >= 11 is 0. The average molecular weight is 276 g/mol. The van der Waals surface area contributed by atoms with Crippen LogP contribution in [0.1, 0.15) is 21.6 Å². The third-order valence-electron chi connectivity index (χ3n) is 3.03. The number of aromatic nitrogens is 2. The first-order valence-electron chi connectivity index (χ1n) is 5.90. The van der Waals surface area contributed by atoms with Crippen molar-refractivity contribution in [2.45, 2.75) is 13.8 Å². The van der Waals surface area contributed by atoms with Crippen LogP contribution in [0.5, 0.6) is 0 Å². The highest BCUT2D eigenvalue weighted by molar-refractivity contribution is 5.90. The Hall–Kier alpha value is -2.50. The van der Waals surface area contributed by atoms with E-state index in [1.165, 1.54) is 31.4 Å². The van der Waals surface area contributed by atoms with Crippen molar-refractivity contribution in [3.05, 3.63) is 57.3 Å². The molecule has 0 fully saturated rings. The van der Waals surface area contributed by atoms with Gasteiger partial charge in [-0.25, -0.2) is 9.18 Å². The van der Waals surface area contributed by atoms with Crippen LogP contribution in [0.4, 0.5) is 4.39 Å². The molecule has 0 amide bonds. The van der Waals surface area contributed by atoms with Crippen molar-refractivity contribution in [1.29, 1.82) is 0 Å². The first-order valence-corrected chi connectivity index (χ1v) is 5.90. The zero-order chi connectivity index (χ0) is 14.9. The van der Waals surface area contributed by atoms with E-state index in [0.717, 1.165) is 4.68 Å². The molecule has 1 aromatic carbocycles. The molecule has 0 aliphatic heterocycles. The summed E-state index contributed by atoms with van der Waals surface area (Å²) in [4.78, 5) is 24.1. The largest absolute Gasteiger partial charge is 0.465 e. The van der Waals surface area contributed by atoms with Crippen molar-refractivity contribution < 1.29 is 13.9 Å². The molecule has 0 bridgehead atoms. The number of halogens is 1. The van der Waals surface area contributed by atoms with E-state index < -0.39 is 17.3 Å². The molecular weight excluding hydrogens is 263 g/mol. The lowest BCUT2D eigenvalue weighted by Crippen LogP contribution is -2.30. The summed E-state index contributed by atoms with van der Waals surface area (Å²) in [5.41, 5.74) is 0.718. The predicted molar refractivity (Wildman–Crippen MR) is 70.6 cm³/mol. The number of benzene rings is 1. The van der Waals surface area contributed by atoms with Gasteiger partial charge in [0, 0.05) is 0 Å². The maximum atomic E-state index is 12.9. The molecule has 20 heavy (non-hydrogen) atoms. The molecule has 0 atom stereocenters. The zero-order valence-corrected chi connectivity index (χ0v) is 11.3. The number of aryl methyl sites for hydroxylation is 1. The van der Waals surface area contributed by atoms with E-state index in [-0.39, 0.29) is 5.56 Å². The molecular formula is C14H13FN2O3. The smallest absolute Gasteiger partial charge is 0.343 e. The number of nitrogens with zero attached hydrogens (tertiary/aromatic N) is 2. The Labute approximate surface area is 114 Å². The fourth-order valence-electron chi connectivity index (χ4n) is 1.82. The van der Waals surface area contributed by atoms with Crippen LogP contribution < -0.4 is 5.56 Å². The number of rotatable bonds is 2. The van der Waals surface area contributed by atoms with Crippen molar-refractivity contribution in [3.8, 4) is 5.69 Å². The van der Waals surface area contributed by atoms with E-state index in [2.05, 4.69) is 9.84 Å². The molecule has 0 spiro atoms. The molecule has 6 heteroatoms. The molecule has 2 rings (SSSR count). The van der Waals surface area contributed by atoms with Gasteiger partial charge in [0.2, 0.25) is 0 Å². The van der Waals surface area contributed by atoms with Crippen molar-refractivity contribution in [3.63, 3.8) is 0 Å². The van der Waals surface area contributed by atoms with Crippen LogP contribution in [-0.2, 0) is 4.74 Å². The Morgan fingerprint density at radius 1 is 1.25 bits per heavy atom. The lowest BCUT2D eigenvalue weighted by atomic mass is 10.1. The number of carbonyl (C=O) groups is 1. The van der Waals surface area contributed by atoms with Crippen molar-refractivity contribution >= 4 is 5.97 Å². The van der Waals surface area contributed by atoms with E-state index in [4.69, 9.17) is 0 Å². The molecule has 0 aliphatic carbocycles. The second kappa shape index (κ2) is 5.24. The topological polar surface area (TPSA) is 61.2 Å². The van der Waals surface area contributed by atoms with Gasteiger partial charge in [-0.05, 0) is 43.7 Å². The van der Waals surface area contributed by atoms with Crippen LogP contribution >= 0.6 is 0 Å². The second-order valence-electron chi connectivity index (χ2n) is 4.27. The minimum atomic E-state index is -0.714. The van der Waals surface area contributed by atoms with Crippen LogP contribution in [0.25, 0.3) is 5.69 Å². The number of hydrogen-bond acceptors (Lipinski definition) is 4. The van der Waals surface area contributed by atoms with Gasteiger partial charge in [-0.1, -0.05) is 0 Å². The normalized spacial score (nSPS) is 10.4. The Kier molecular flexibility index (Phi) is 3.65. The zero-order valence-electron chi connectivity index (χ0n) is 11.3. The monoisotopic (exact) mass is 276 g/mol. The second-order valence-corrected chi connectivity index (χ2v) is 4.27. The van der Waals surface area contributed by atoms with Crippen LogP contribution in [0.2, 0.25) is 0 Å². The maximum absolute atomic E-state index is 12.9. The highest BCUT2D eigenvalue weighted by Gasteiger charge is 2.20. The molecule has 5 nitrogen and oxygen atoms in total. The lowest BCUT2D eigenvalue weighted by Gasteiger charge is -2.11. The molecule has 0 saturated heterocycles. The average Bonchev–Trinajstić information content (AvgIpc) is 2.44. The van der Waals surface area contributed by atoms with Crippen molar-refractivity contribution in [2.24, 2.45) is 0 Å². The predicted octanol–water partition coefficient (Wildman–Crippen LogP) is 1.78. The molecule has 2 aromatic rings. The Morgan fingerprint density at radius 2 is 1.85 bits per heavy atom. The third-order valence-corrected chi connectivity index (χ3v) is 3.03. The summed E-state index contributed by atoms with van der Waals surface area (Å²) in [5, 5.41) is 4.12. The Morgan fingerprint density at radius 3 is 2.40 bits per heavy atom. The van der Waals surface area contributed by atoms with Crippen LogP contribution in [0.3, 0.4) is 0 Å². The summed E-state index contributed by atoms with van der Waals surface area (Å²) in [6.45, 7) is 3.31. The van der Waals surface area contributed by atoms with Gasteiger partial charge >= 0.3 is 5.97 Å². The molecule has 104 valence electrons. The summed E-state index contributed by atoms with van der Waals surface area (Å²) in [7, 11) is 1.21. The van der Waals surface area contributed by atoms with E-state index >= 15 is 0 Å². The highest BCUT2D eigenvalue weighted by atomic mass is 19.1. The minimum Gasteiger partial charge on any atom is -0.465 e. The van der Waals surface area contributed by atoms with Gasteiger partial charge in [0.1, 0.15) is 11.4 Å². The lowest BCUT2D eigenvalue weighted by molar-refractivity contribution is 0.0597. The Bertz CT molecular complexity index is 720. The summed E-state index contributed by atoms with van der Waals surface area (Å²) in [6.07, 6.45) is 0. The van der Waals surface area contributed by atoms with E-state index in [9.17, 15) is 14.0 Å². The summed E-state index contributed by atoms with van der Waals surface area (Å²) in [6, 6.07) is 5.27. The first-order chi connectivity index (χ1) is 9.45. The number of hydrogen-bond donors (Lipinski definition) is 0. The third kappa shape index (κ3) is 2.32. The van der Waals surface area contributed by atoms with Gasteiger partial charge in [0.05, 0.1) is 18.5 Å².